The number of nitrogens with two attached hydrogens (primary N) is 1. The van der Waals surface area contributed by atoms with Gasteiger partial charge in [0, 0.05) is 6.54 Å². The maximum absolute atomic E-state index is 12.3. The van der Waals surface area contributed by atoms with Gasteiger partial charge in [-0.05, 0) is 13.0 Å². The first-order valence-corrected chi connectivity index (χ1v) is 4.35. The van der Waals surface area contributed by atoms with Crippen LogP contribution in [0.2, 0.25) is 0 Å². The van der Waals surface area contributed by atoms with Gasteiger partial charge in [0.2, 0.25) is 5.69 Å². The second kappa shape index (κ2) is 4.47. The van der Waals surface area contributed by atoms with E-state index in [0.717, 1.165) is 10.9 Å². The van der Waals surface area contributed by atoms with Crippen molar-refractivity contribution in [2.24, 2.45) is 5.73 Å². The third-order valence-electron chi connectivity index (χ3n) is 1.80. The Hall–Kier alpha value is -1.64. The molecule has 90 valence electrons. The SMILES string of the molecule is NCCCn1cc([N+](=O)[O-])c(C(F)(F)F)n1. The molecule has 0 unspecified atom stereocenters. The third-order valence-corrected chi connectivity index (χ3v) is 1.80. The molecule has 0 fully saturated rings. The molecule has 0 aliphatic rings. The lowest BCUT2D eigenvalue weighted by atomic mass is 10.4. The van der Waals surface area contributed by atoms with Gasteiger partial charge in [-0.3, -0.25) is 14.8 Å². The largest absolute Gasteiger partial charge is 0.442 e. The minimum atomic E-state index is -4.82. The summed E-state index contributed by atoms with van der Waals surface area (Å²) in [6.45, 7) is 0.391. The van der Waals surface area contributed by atoms with Crippen molar-refractivity contribution in [1.82, 2.24) is 9.78 Å². The molecule has 0 aliphatic heterocycles. The van der Waals surface area contributed by atoms with E-state index < -0.39 is 22.5 Å². The Morgan fingerprint density at radius 1 is 1.56 bits per heavy atom. The number of aryl methyl sites for hydroxylation is 1. The van der Waals surface area contributed by atoms with E-state index in [1.807, 2.05) is 0 Å². The van der Waals surface area contributed by atoms with Gasteiger partial charge in [-0.2, -0.15) is 18.3 Å². The van der Waals surface area contributed by atoms with Gasteiger partial charge >= 0.3 is 11.9 Å². The highest BCUT2D eigenvalue weighted by atomic mass is 19.4. The first kappa shape index (κ1) is 12.4. The summed E-state index contributed by atoms with van der Waals surface area (Å²) >= 11 is 0. The zero-order valence-electron chi connectivity index (χ0n) is 8.07. The summed E-state index contributed by atoms with van der Waals surface area (Å²) < 4.78 is 37.9. The van der Waals surface area contributed by atoms with Gasteiger partial charge in [-0.15, -0.1) is 0 Å². The van der Waals surface area contributed by atoms with Crippen LogP contribution in [-0.4, -0.2) is 21.2 Å². The Morgan fingerprint density at radius 2 is 2.19 bits per heavy atom. The highest BCUT2D eigenvalue weighted by Gasteiger charge is 2.42. The number of nitrogens with zero attached hydrogens (tertiary/aromatic N) is 3. The van der Waals surface area contributed by atoms with Gasteiger partial charge in [0.05, 0.1) is 4.92 Å². The van der Waals surface area contributed by atoms with Gasteiger partial charge in [0.15, 0.2) is 0 Å². The molecule has 0 aliphatic carbocycles. The Labute approximate surface area is 88.0 Å². The van der Waals surface area contributed by atoms with Crippen LogP contribution in [0, 0.1) is 10.1 Å². The fourth-order valence-corrected chi connectivity index (χ4v) is 1.11. The van der Waals surface area contributed by atoms with Crippen LogP contribution in [0.15, 0.2) is 6.20 Å². The van der Waals surface area contributed by atoms with Crippen molar-refractivity contribution in [1.29, 1.82) is 0 Å². The van der Waals surface area contributed by atoms with Crippen molar-refractivity contribution in [3.8, 4) is 0 Å². The molecule has 0 saturated carbocycles. The normalized spacial score (nSPS) is 11.8. The van der Waals surface area contributed by atoms with Crippen molar-refractivity contribution < 1.29 is 18.1 Å². The van der Waals surface area contributed by atoms with Crippen LogP contribution in [0.5, 0.6) is 0 Å². The molecule has 2 N–H and O–H groups in total. The Kier molecular flexibility index (Phi) is 3.48. The summed E-state index contributed by atoms with van der Waals surface area (Å²) in [6.07, 6.45) is -3.66. The molecule has 16 heavy (non-hydrogen) atoms. The molecular formula is C7H9F3N4O2. The number of nitro groups is 1. The molecule has 0 spiro atoms. The minimum Gasteiger partial charge on any atom is -0.330 e. The summed E-state index contributed by atoms with van der Waals surface area (Å²) in [4.78, 5) is 9.28. The second-order valence-electron chi connectivity index (χ2n) is 3.02. The van der Waals surface area contributed by atoms with E-state index in [1.54, 1.807) is 0 Å². The lowest BCUT2D eigenvalue weighted by Crippen LogP contribution is -2.11. The summed E-state index contributed by atoms with van der Waals surface area (Å²) in [5.41, 5.74) is 2.65. The van der Waals surface area contributed by atoms with Crippen molar-refractivity contribution in [3.63, 3.8) is 0 Å². The van der Waals surface area contributed by atoms with E-state index in [9.17, 15) is 23.3 Å². The van der Waals surface area contributed by atoms with Crippen molar-refractivity contribution in [2.75, 3.05) is 6.54 Å². The molecule has 1 rings (SSSR count). The molecule has 0 saturated heterocycles. The van der Waals surface area contributed by atoms with E-state index in [4.69, 9.17) is 5.73 Å². The molecular weight excluding hydrogens is 229 g/mol. The topological polar surface area (TPSA) is 87.0 Å². The fraction of sp³-hybridized carbons (Fsp3) is 0.571. The molecule has 0 bridgehead atoms. The van der Waals surface area contributed by atoms with Crippen molar-refractivity contribution in [2.45, 2.75) is 19.1 Å². The van der Waals surface area contributed by atoms with E-state index >= 15 is 0 Å². The van der Waals surface area contributed by atoms with E-state index in [-0.39, 0.29) is 13.1 Å². The van der Waals surface area contributed by atoms with Crippen LogP contribution in [0.4, 0.5) is 18.9 Å². The average Bonchev–Trinajstić information content (AvgIpc) is 2.58. The maximum Gasteiger partial charge on any atom is 0.442 e. The predicted molar refractivity (Wildman–Crippen MR) is 47.6 cm³/mol. The van der Waals surface area contributed by atoms with E-state index in [1.165, 1.54) is 0 Å². The van der Waals surface area contributed by atoms with Gasteiger partial charge in [0.25, 0.3) is 0 Å². The lowest BCUT2D eigenvalue weighted by Gasteiger charge is -2.01. The van der Waals surface area contributed by atoms with Crippen molar-refractivity contribution in [3.05, 3.63) is 22.0 Å². The summed E-state index contributed by atoms with van der Waals surface area (Å²) in [5.74, 6) is 0. The van der Waals surface area contributed by atoms with Crippen LogP contribution >= 0.6 is 0 Å². The van der Waals surface area contributed by atoms with Crippen LogP contribution in [0.25, 0.3) is 0 Å². The smallest absolute Gasteiger partial charge is 0.330 e. The summed E-state index contributed by atoms with van der Waals surface area (Å²) in [7, 11) is 0. The molecule has 1 aromatic rings. The molecule has 1 heterocycles. The van der Waals surface area contributed by atoms with Crippen LogP contribution in [0.3, 0.4) is 0 Å². The maximum atomic E-state index is 12.3. The van der Waals surface area contributed by atoms with Crippen LogP contribution in [0.1, 0.15) is 12.1 Å². The Bertz CT molecular complexity index is 387. The number of hydrogen-bond acceptors (Lipinski definition) is 4. The standard InChI is InChI=1S/C7H9F3N4O2/c8-7(9,10)6-5(14(15)16)4-13(12-6)3-1-2-11/h4H,1-3,11H2. The molecule has 0 amide bonds. The van der Waals surface area contributed by atoms with Crippen LogP contribution < -0.4 is 5.73 Å². The summed E-state index contributed by atoms with van der Waals surface area (Å²) in [6, 6.07) is 0. The summed E-state index contributed by atoms with van der Waals surface area (Å²) in [5, 5.41) is 13.5. The highest BCUT2D eigenvalue weighted by Crippen LogP contribution is 2.34. The molecule has 6 nitrogen and oxygen atoms in total. The first-order valence-electron chi connectivity index (χ1n) is 4.35. The Morgan fingerprint density at radius 3 is 2.56 bits per heavy atom. The van der Waals surface area contributed by atoms with Gasteiger partial charge in [-0.1, -0.05) is 0 Å². The number of rotatable bonds is 4. The molecule has 0 atom stereocenters. The third kappa shape index (κ3) is 2.69. The quantitative estimate of drug-likeness (QED) is 0.629. The monoisotopic (exact) mass is 238 g/mol. The average molecular weight is 238 g/mol. The molecule has 0 aromatic carbocycles. The predicted octanol–water partition coefficient (Wildman–Crippen LogP) is 1.16. The van der Waals surface area contributed by atoms with Crippen LogP contribution in [-0.2, 0) is 12.7 Å². The van der Waals surface area contributed by atoms with E-state index in [0.29, 0.717) is 6.42 Å². The van der Waals surface area contributed by atoms with Gasteiger partial charge < -0.3 is 5.73 Å². The minimum absolute atomic E-state index is 0.118. The molecule has 9 heteroatoms. The lowest BCUT2D eigenvalue weighted by molar-refractivity contribution is -0.388. The van der Waals surface area contributed by atoms with Crippen molar-refractivity contribution >= 4 is 5.69 Å². The zero-order chi connectivity index (χ0) is 12.3. The molecule has 0 radical (unpaired) electrons. The first-order chi connectivity index (χ1) is 7.36. The second-order valence-corrected chi connectivity index (χ2v) is 3.02. The number of aromatic nitrogens is 2. The Balaban J connectivity index is 3.06. The highest BCUT2D eigenvalue weighted by molar-refractivity contribution is 5.34. The van der Waals surface area contributed by atoms with Gasteiger partial charge in [0.1, 0.15) is 6.20 Å². The fourth-order valence-electron chi connectivity index (χ4n) is 1.11. The number of hydrogen-bond donors (Lipinski definition) is 1. The number of halogens is 3. The zero-order valence-corrected chi connectivity index (χ0v) is 8.07. The molecule has 1 aromatic heterocycles. The van der Waals surface area contributed by atoms with Gasteiger partial charge in [-0.25, -0.2) is 0 Å². The number of alkyl halides is 3. The van der Waals surface area contributed by atoms with E-state index in [2.05, 4.69) is 5.10 Å².